The van der Waals surface area contributed by atoms with Gasteiger partial charge in [-0.2, -0.15) is 5.26 Å². The van der Waals surface area contributed by atoms with Crippen LogP contribution in [0.15, 0.2) is 55.1 Å². The van der Waals surface area contributed by atoms with Crippen molar-refractivity contribution in [2.45, 2.75) is 40.0 Å². The molecule has 1 saturated heterocycles. The summed E-state index contributed by atoms with van der Waals surface area (Å²) in [6, 6.07) is 13.9. The summed E-state index contributed by atoms with van der Waals surface area (Å²) in [6.45, 7) is 10.2. The van der Waals surface area contributed by atoms with Crippen molar-refractivity contribution in [3.63, 3.8) is 0 Å². The zero-order valence-corrected chi connectivity index (χ0v) is 21.1. The molecule has 3 aromatic heterocycles. The van der Waals surface area contributed by atoms with Crippen LogP contribution in [0.5, 0.6) is 5.75 Å². The highest BCUT2D eigenvalue weighted by atomic mass is 16.5. The Morgan fingerprint density at radius 3 is 2.34 bits per heavy atom. The van der Waals surface area contributed by atoms with E-state index in [1.54, 1.807) is 19.6 Å². The third kappa shape index (κ3) is 5.36. The van der Waals surface area contributed by atoms with Gasteiger partial charge in [0, 0.05) is 23.0 Å². The highest BCUT2D eigenvalue weighted by Gasteiger charge is 2.17. The molecule has 4 heterocycles. The number of nitriles is 1. The van der Waals surface area contributed by atoms with Gasteiger partial charge in [-0.1, -0.05) is 25.5 Å². The number of benzene rings is 1. The Kier molecular flexibility index (Phi) is 7.79. The fraction of sp³-hybridized carbons (Fsp3) is 0.345. The predicted octanol–water partition coefficient (Wildman–Crippen LogP) is 6.05. The summed E-state index contributed by atoms with van der Waals surface area (Å²) in [5, 5.41) is 9.09. The number of nitrogens with zero attached hydrogens (tertiary/aromatic N) is 5. The van der Waals surface area contributed by atoms with E-state index in [2.05, 4.69) is 40.9 Å². The number of aromatic nitrogens is 3. The number of methoxy groups -OCH3 is 1. The summed E-state index contributed by atoms with van der Waals surface area (Å²) in [5.74, 6) is 0.743. The van der Waals surface area contributed by atoms with Crippen LogP contribution in [0.2, 0.25) is 0 Å². The molecule has 0 amide bonds. The molecule has 0 radical (unpaired) electrons. The van der Waals surface area contributed by atoms with Crippen molar-refractivity contribution in [2.24, 2.45) is 0 Å². The van der Waals surface area contributed by atoms with Crippen LogP contribution in [-0.2, 0) is 0 Å². The molecule has 35 heavy (non-hydrogen) atoms. The van der Waals surface area contributed by atoms with Gasteiger partial charge in [-0.15, -0.1) is 0 Å². The number of pyridine rings is 2. The maximum atomic E-state index is 9.09. The van der Waals surface area contributed by atoms with Gasteiger partial charge in [0.15, 0.2) is 0 Å². The summed E-state index contributed by atoms with van der Waals surface area (Å²) in [7, 11) is 1.65. The molecule has 0 bridgehead atoms. The minimum Gasteiger partial charge on any atom is -0.494 e. The number of piperidine rings is 1. The van der Waals surface area contributed by atoms with Crippen molar-refractivity contribution in [3.05, 3.63) is 71.9 Å². The predicted molar refractivity (Wildman–Crippen MR) is 141 cm³/mol. The van der Waals surface area contributed by atoms with Gasteiger partial charge in [-0.05, 0) is 81.7 Å². The van der Waals surface area contributed by atoms with Crippen molar-refractivity contribution in [1.29, 1.82) is 5.26 Å². The molecule has 0 atom stereocenters. The average Bonchev–Trinajstić information content (AvgIpc) is 3.40. The first-order chi connectivity index (χ1) is 17.0. The molecule has 0 aliphatic carbocycles. The number of hydrogen-bond acceptors (Lipinski definition) is 5. The number of ether oxygens (including phenoxy) is 1. The largest absolute Gasteiger partial charge is 0.494 e. The lowest BCUT2D eigenvalue weighted by Crippen LogP contribution is -2.29. The lowest BCUT2D eigenvalue weighted by Gasteiger charge is -2.24. The minimum absolute atomic E-state index is 0.629. The maximum absolute atomic E-state index is 9.09. The van der Waals surface area contributed by atoms with E-state index in [-0.39, 0.29) is 0 Å². The molecule has 0 saturated carbocycles. The normalized spacial score (nSPS) is 13.7. The maximum Gasteiger partial charge on any atom is 0.145 e. The van der Waals surface area contributed by atoms with Crippen molar-refractivity contribution in [2.75, 3.05) is 26.7 Å². The van der Waals surface area contributed by atoms with Crippen LogP contribution in [0, 0.1) is 25.2 Å². The van der Waals surface area contributed by atoms with E-state index in [0.717, 1.165) is 44.9 Å². The van der Waals surface area contributed by atoms with Crippen LogP contribution in [0.4, 0.5) is 0 Å². The van der Waals surface area contributed by atoms with Crippen LogP contribution in [0.3, 0.4) is 0 Å². The van der Waals surface area contributed by atoms with Gasteiger partial charge in [0.1, 0.15) is 11.3 Å². The SMILES string of the molecule is CCN1CCCCC1.COc1cc(-c2ccc(C#N)cc2)c(-c2cnc(C)c(C)c2)n2cncc12. The van der Waals surface area contributed by atoms with Gasteiger partial charge < -0.3 is 9.64 Å². The average molecular weight is 468 g/mol. The molecule has 5 rings (SSSR count). The number of rotatable bonds is 4. The molecule has 0 N–H and O–H groups in total. The summed E-state index contributed by atoms with van der Waals surface area (Å²) in [6.07, 6.45) is 9.77. The van der Waals surface area contributed by atoms with Crippen LogP contribution in [0.1, 0.15) is 43.0 Å². The molecular formula is C29H33N5O. The third-order valence-corrected chi connectivity index (χ3v) is 6.72. The van der Waals surface area contributed by atoms with Gasteiger partial charge in [0.05, 0.1) is 37.0 Å². The summed E-state index contributed by atoms with van der Waals surface area (Å²) in [5.41, 5.74) is 7.64. The Morgan fingerprint density at radius 2 is 1.74 bits per heavy atom. The molecule has 0 spiro atoms. The lowest BCUT2D eigenvalue weighted by molar-refractivity contribution is 0.240. The topological polar surface area (TPSA) is 66.5 Å². The second-order valence-corrected chi connectivity index (χ2v) is 8.93. The van der Waals surface area contributed by atoms with E-state index in [0.29, 0.717) is 5.56 Å². The van der Waals surface area contributed by atoms with E-state index in [4.69, 9.17) is 10.00 Å². The van der Waals surface area contributed by atoms with Crippen LogP contribution in [-0.4, -0.2) is 46.0 Å². The first-order valence-electron chi connectivity index (χ1n) is 12.2. The first-order valence-corrected chi connectivity index (χ1v) is 12.2. The zero-order chi connectivity index (χ0) is 24.8. The molecule has 1 aromatic carbocycles. The van der Waals surface area contributed by atoms with Crippen molar-refractivity contribution in [1.82, 2.24) is 19.3 Å². The van der Waals surface area contributed by atoms with E-state index in [1.165, 1.54) is 38.9 Å². The second-order valence-electron chi connectivity index (χ2n) is 8.93. The van der Waals surface area contributed by atoms with Gasteiger partial charge >= 0.3 is 0 Å². The van der Waals surface area contributed by atoms with Crippen molar-refractivity contribution in [3.8, 4) is 34.2 Å². The molecule has 0 unspecified atom stereocenters. The van der Waals surface area contributed by atoms with E-state index in [1.807, 2.05) is 47.9 Å². The summed E-state index contributed by atoms with van der Waals surface area (Å²) in [4.78, 5) is 11.4. The standard InChI is InChI=1S/C22H18N4O.C7H15N/c1-14-8-18(11-25-15(14)2)22-19(17-6-4-16(10-23)5-7-17)9-21(27-3)20-12-24-13-26(20)22;1-2-8-6-4-3-5-7-8/h4-9,11-13H,1-3H3;2-7H2,1H3. The van der Waals surface area contributed by atoms with Gasteiger partial charge in [0.25, 0.3) is 0 Å². The minimum atomic E-state index is 0.629. The molecular weight excluding hydrogens is 434 g/mol. The van der Waals surface area contributed by atoms with Crippen molar-refractivity contribution >= 4 is 5.52 Å². The van der Waals surface area contributed by atoms with Crippen LogP contribution in [0.25, 0.3) is 27.9 Å². The molecule has 1 aliphatic heterocycles. The van der Waals surface area contributed by atoms with Crippen LogP contribution < -0.4 is 4.74 Å². The van der Waals surface area contributed by atoms with Crippen molar-refractivity contribution < 1.29 is 4.74 Å². The Labute approximate surface area is 207 Å². The van der Waals surface area contributed by atoms with Crippen LogP contribution >= 0.6 is 0 Å². The van der Waals surface area contributed by atoms with Gasteiger partial charge in [-0.25, -0.2) is 4.98 Å². The summed E-state index contributed by atoms with van der Waals surface area (Å²) >= 11 is 0. The van der Waals surface area contributed by atoms with Gasteiger partial charge in [0.2, 0.25) is 0 Å². The molecule has 1 aliphatic rings. The Bertz CT molecular complexity index is 1330. The monoisotopic (exact) mass is 467 g/mol. The Morgan fingerprint density at radius 1 is 1.00 bits per heavy atom. The highest BCUT2D eigenvalue weighted by molar-refractivity contribution is 5.86. The molecule has 4 aromatic rings. The van der Waals surface area contributed by atoms with E-state index >= 15 is 0 Å². The fourth-order valence-corrected chi connectivity index (χ4v) is 4.51. The lowest BCUT2D eigenvalue weighted by atomic mass is 9.97. The molecule has 180 valence electrons. The Hall–Kier alpha value is -3.69. The second kappa shape index (κ2) is 11.2. The quantitative estimate of drug-likeness (QED) is 0.365. The smallest absolute Gasteiger partial charge is 0.145 e. The van der Waals surface area contributed by atoms with E-state index < -0.39 is 0 Å². The highest BCUT2D eigenvalue weighted by Crippen LogP contribution is 2.37. The number of aryl methyl sites for hydroxylation is 2. The molecule has 6 heteroatoms. The number of imidazole rings is 1. The molecule has 6 nitrogen and oxygen atoms in total. The Balaban J connectivity index is 0.000000308. The molecule has 1 fully saturated rings. The third-order valence-electron chi connectivity index (χ3n) is 6.72. The first kappa shape index (κ1) is 24.4. The number of hydrogen-bond donors (Lipinski definition) is 0. The number of fused-ring (bicyclic) bond motifs is 1. The number of likely N-dealkylation sites (tertiary alicyclic amines) is 1. The van der Waals surface area contributed by atoms with E-state index in [9.17, 15) is 0 Å². The fourth-order valence-electron chi connectivity index (χ4n) is 4.51. The zero-order valence-electron chi connectivity index (χ0n) is 21.1. The summed E-state index contributed by atoms with van der Waals surface area (Å²) < 4.78 is 7.62. The van der Waals surface area contributed by atoms with Gasteiger partial charge in [-0.3, -0.25) is 9.38 Å².